The zero-order valence-electron chi connectivity index (χ0n) is 13.6. The first-order chi connectivity index (χ1) is 10.0. The molecule has 1 heterocycles. The standard InChI is InChI=1S/C17H27N3O/c1-5-20-11-10-16(14(3)12-20)19(4)17(21)18-15-8-6-13(2)7-9-15/h6-9,14,16H,5,10-12H2,1-4H3,(H,18,21). The number of anilines is 1. The molecule has 1 saturated heterocycles. The third-order valence-electron chi connectivity index (χ3n) is 4.51. The Morgan fingerprint density at radius 1 is 1.38 bits per heavy atom. The molecule has 1 aliphatic rings. The highest BCUT2D eigenvalue weighted by molar-refractivity contribution is 5.89. The Kier molecular flexibility index (Phi) is 5.23. The number of aryl methyl sites for hydroxylation is 1. The van der Waals surface area contributed by atoms with Crippen LogP contribution in [0.15, 0.2) is 24.3 Å². The summed E-state index contributed by atoms with van der Waals surface area (Å²) in [4.78, 5) is 16.7. The molecule has 1 aromatic carbocycles. The summed E-state index contributed by atoms with van der Waals surface area (Å²) < 4.78 is 0. The van der Waals surface area contributed by atoms with Gasteiger partial charge >= 0.3 is 6.03 Å². The van der Waals surface area contributed by atoms with E-state index in [0.717, 1.165) is 31.7 Å². The van der Waals surface area contributed by atoms with Crippen molar-refractivity contribution in [3.05, 3.63) is 29.8 Å². The molecule has 1 N–H and O–H groups in total. The average Bonchev–Trinajstić information content (AvgIpc) is 2.48. The van der Waals surface area contributed by atoms with Crippen LogP contribution < -0.4 is 5.32 Å². The summed E-state index contributed by atoms with van der Waals surface area (Å²) in [6, 6.07) is 8.23. The van der Waals surface area contributed by atoms with Crippen LogP contribution in [-0.2, 0) is 0 Å². The minimum Gasteiger partial charge on any atom is -0.324 e. The Morgan fingerprint density at radius 2 is 2.05 bits per heavy atom. The third-order valence-corrected chi connectivity index (χ3v) is 4.51. The Labute approximate surface area is 128 Å². The number of rotatable bonds is 3. The fraction of sp³-hybridized carbons (Fsp3) is 0.588. The molecule has 116 valence electrons. The largest absolute Gasteiger partial charge is 0.324 e. The fourth-order valence-corrected chi connectivity index (χ4v) is 3.08. The molecule has 4 nitrogen and oxygen atoms in total. The van der Waals surface area contributed by atoms with E-state index in [1.165, 1.54) is 5.56 Å². The van der Waals surface area contributed by atoms with Crippen molar-refractivity contribution in [2.75, 3.05) is 32.0 Å². The van der Waals surface area contributed by atoms with Gasteiger partial charge in [-0.3, -0.25) is 0 Å². The first kappa shape index (κ1) is 15.8. The van der Waals surface area contributed by atoms with E-state index in [1.54, 1.807) is 0 Å². The van der Waals surface area contributed by atoms with Gasteiger partial charge in [0.1, 0.15) is 0 Å². The number of urea groups is 1. The van der Waals surface area contributed by atoms with Gasteiger partial charge in [-0.15, -0.1) is 0 Å². The Morgan fingerprint density at radius 3 is 2.62 bits per heavy atom. The summed E-state index contributed by atoms with van der Waals surface area (Å²) in [6.07, 6.45) is 1.05. The van der Waals surface area contributed by atoms with Gasteiger partial charge < -0.3 is 15.1 Å². The van der Waals surface area contributed by atoms with Gasteiger partial charge in [0.25, 0.3) is 0 Å². The van der Waals surface area contributed by atoms with E-state index in [0.29, 0.717) is 12.0 Å². The number of likely N-dealkylation sites (tertiary alicyclic amines) is 1. The molecular weight excluding hydrogens is 262 g/mol. The van der Waals surface area contributed by atoms with Crippen molar-refractivity contribution in [3.63, 3.8) is 0 Å². The minimum absolute atomic E-state index is 0.0133. The van der Waals surface area contributed by atoms with Crippen LogP contribution in [0.25, 0.3) is 0 Å². The van der Waals surface area contributed by atoms with E-state index in [-0.39, 0.29) is 6.03 Å². The first-order valence-corrected chi connectivity index (χ1v) is 7.84. The summed E-state index contributed by atoms with van der Waals surface area (Å²) in [7, 11) is 1.91. The molecule has 1 aliphatic heterocycles. The summed E-state index contributed by atoms with van der Waals surface area (Å²) in [6.45, 7) is 9.72. The van der Waals surface area contributed by atoms with Gasteiger partial charge in [0, 0.05) is 31.9 Å². The van der Waals surface area contributed by atoms with Crippen LogP contribution in [0.4, 0.5) is 10.5 Å². The van der Waals surface area contributed by atoms with Gasteiger partial charge in [-0.1, -0.05) is 31.5 Å². The van der Waals surface area contributed by atoms with Gasteiger partial charge in [0.2, 0.25) is 0 Å². The lowest BCUT2D eigenvalue weighted by atomic mass is 9.93. The van der Waals surface area contributed by atoms with Gasteiger partial charge in [0.15, 0.2) is 0 Å². The van der Waals surface area contributed by atoms with Crippen LogP contribution in [-0.4, -0.2) is 48.6 Å². The van der Waals surface area contributed by atoms with Crippen molar-refractivity contribution in [1.82, 2.24) is 9.80 Å². The summed E-state index contributed by atoms with van der Waals surface area (Å²) in [5, 5.41) is 2.99. The summed E-state index contributed by atoms with van der Waals surface area (Å²) in [5.74, 6) is 0.507. The normalized spacial score (nSPS) is 22.9. The molecule has 2 unspecified atom stereocenters. The van der Waals surface area contributed by atoms with Gasteiger partial charge in [-0.2, -0.15) is 0 Å². The summed E-state index contributed by atoms with van der Waals surface area (Å²) in [5.41, 5.74) is 2.05. The Hall–Kier alpha value is -1.55. The predicted octanol–water partition coefficient (Wildman–Crippen LogP) is 3.19. The van der Waals surface area contributed by atoms with Gasteiger partial charge in [-0.25, -0.2) is 4.79 Å². The van der Waals surface area contributed by atoms with Crippen molar-refractivity contribution in [2.24, 2.45) is 5.92 Å². The van der Waals surface area contributed by atoms with Crippen molar-refractivity contribution < 1.29 is 4.79 Å². The second kappa shape index (κ2) is 6.94. The minimum atomic E-state index is -0.0133. The topological polar surface area (TPSA) is 35.6 Å². The highest BCUT2D eigenvalue weighted by atomic mass is 16.2. The molecule has 21 heavy (non-hydrogen) atoms. The molecule has 0 aromatic heterocycles. The molecular formula is C17H27N3O. The van der Waals surface area contributed by atoms with Crippen LogP contribution in [0.3, 0.4) is 0 Å². The molecule has 1 fully saturated rings. The van der Waals surface area contributed by atoms with E-state index in [2.05, 4.69) is 24.1 Å². The van der Waals surface area contributed by atoms with Crippen molar-refractivity contribution >= 4 is 11.7 Å². The zero-order valence-corrected chi connectivity index (χ0v) is 13.6. The smallest absolute Gasteiger partial charge is 0.321 e. The van der Waals surface area contributed by atoms with Crippen LogP contribution in [0.1, 0.15) is 25.8 Å². The molecule has 2 amide bonds. The monoisotopic (exact) mass is 289 g/mol. The number of carbonyl (C=O) groups is 1. The second-order valence-corrected chi connectivity index (χ2v) is 6.13. The highest BCUT2D eigenvalue weighted by Gasteiger charge is 2.30. The molecule has 4 heteroatoms. The number of nitrogens with zero attached hydrogens (tertiary/aromatic N) is 2. The molecule has 0 spiro atoms. The molecule has 0 bridgehead atoms. The number of nitrogens with one attached hydrogen (secondary N) is 1. The fourth-order valence-electron chi connectivity index (χ4n) is 3.08. The zero-order chi connectivity index (χ0) is 15.4. The number of hydrogen-bond acceptors (Lipinski definition) is 2. The maximum absolute atomic E-state index is 12.4. The maximum Gasteiger partial charge on any atom is 0.321 e. The molecule has 0 aliphatic carbocycles. The highest BCUT2D eigenvalue weighted by Crippen LogP contribution is 2.22. The SMILES string of the molecule is CCN1CCC(N(C)C(=O)Nc2ccc(C)cc2)C(C)C1. The number of carbonyl (C=O) groups excluding carboxylic acids is 1. The lowest BCUT2D eigenvalue weighted by molar-refractivity contribution is 0.101. The lowest BCUT2D eigenvalue weighted by Crippen LogP contribution is -2.51. The third kappa shape index (κ3) is 3.97. The second-order valence-electron chi connectivity index (χ2n) is 6.13. The number of benzene rings is 1. The molecule has 0 saturated carbocycles. The number of hydrogen-bond donors (Lipinski definition) is 1. The Balaban J connectivity index is 1.94. The van der Waals surface area contributed by atoms with Gasteiger partial charge in [0.05, 0.1) is 0 Å². The van der Waals surface area contributed by atoms with Crippen molar-refractivity contribution in [1.29, 1.82) is 0 Å². The van der Waals surface area contributed by atoms with Crippen LogP contribution in [0, 0.1) is 12.8 Å². The number of amides is 2. The average molecular weight is 289 g/mol. The van der Waals surface area contributed by atoms with E-state index in [1.807, 2.05) is 43.1 Å². The van der Waals surface area contributed by atoms with Crippen molar-refractivity contribution in [3.8, 4) is 0 Å². The van der Waals surface area contributed by atoms with Crippen molar-refractivity contribution in [2.45, 2.75) is 33.2 Å². The van der Waals surface area contributed by atoms with Crippen LogP contribution >= 0.6 is 0 Å². The van der Waals surface area contributed by atoms with E-state index in [4.69, 9.17) is 0 Å². The maximum atomic E-state index is 12.4. The molecule has 2 rings (SSSR count). The van der Waals surface area contributed by atoms with E-state index >= 15 is 0 Å². The van der Waals surface area contributed by atoms with E-state index < -0.39 is 0 Å². The molecule has 0 radical (unpaired) electrons. The van der Waals surface area contributed by atoms with E-state index in [9.17, 15) is 4.79 Å². The Bertz CT molecular complexity index is 471. The summed E-state index contributed by atoms with van der Waals surface area (Å²) >= 11 is 0. The predicted molar refractivity (Wildman–Crippen MR) is 87.6 cm³/mol. The van der Waals surface area contributed by atoms with Crippen LogP contribution in [0.5, 0.6) is 0 Å². The first-order valence-electron chi connectivity index (χ1n) is 7.84. The van der Waals surface area contributed by atoms with Crippen LogP contribution in [0.2, 0.25) is 0 Å². The lowest BCUT2D eigenvalue weighted by Gasteiger charge is -2.40. The quantitative estimate of drug-likeness (QED) is 0.927. The van der Waals surface area contributed by atoms with Gasteiger partial charge in [-0.05, 0) is 37.9 Å². The number of piperidine rings is 1. The molecule has 2 atom stereocenters. The molecule has 1 aromatic rings.